The van der Waals surface area contributed by atoms with Crippen LogP contribution in [-0.4, -0.2) is 6.08 Å². The molecular formula is C16H8F3NO. The molecule has 5 heteroatoms. The van der Waals surface area contributed by atoms with Crippen molar-refractivity contribution in [3.63, 3.8) is 0 Å². The van der Waals surface area contributed by atoms with Gasteiger partial charge < -0.3 is 0 Å². The zero-order valence-electron chi connectivity index (χ0n) is 10.6. The summed E-state index contributed by atoms with van der Waals surface area (Å²) in [4.78, 5) is 13.8. The summed E-state index contributed by atoms with van der Waals surface area (Å²) in [6, 6.07) is 11.2. The molecule has 2 aromatic rings. The first-order valence-electron chi connectivity index (χ1n) is 5.87. The van der Waals surface area contributed by atoms with E-state index < -0.39 is 11.7 Å². The molecule has 0 saturated carbocycles. The van der Waals surface area contributed by atoms with E-state index in [9.17, 15) is 18.0 Å². The van der Waals surface area contributed by atoms with Gasteiger partial charge in [-0.25, -0.2) is 4.79 Å². The van der Waals surface area contributed by atoms with E-state index in [0.29, 0.717) is 16.8 Å². The first kappa shape index (κ1) is 14.6. The Morgan fingerprint density at radius 3 is 2.19 bits per heavy atom. The molecule has 0 radical (unpaired) electrons. The average Bonchev–Trinajstić information content (AvgIpc) is 2.46. The highest BCUT2D eigenvalue weighted by Gasteiger charge is 2.29. The second kappa shape index (κ2) is 6.08. The third-order valence-corrected chi connectivity index (χ3v) is 2.62. The number of hydrogen-bond acceptors (Lipinski definition) is 2. The molecule has 0 fully saturated rings. The lowest BCUT2D eigenvalue weighted by molar-refractivity contribution is -0.137. The number of nitrogens with zero attached hydrogens (tertiary/aromatic N) is 1. The third-order valence-electron chi connectivity index (χ3n) is 2.62. The Morgan fingerprint density at radius 2 is 1.57 bits per heavy atom. The van der Waals surface area contributed by atoms with Gasteiger partial charge >= 0.3 is 6.18 Å². The van der Waals surface area contributed by atoms with Gasteiger partial charge in [0.15, 0.2) is 0 Å². The van der Waals surface area contributed by atoms with Crippen molar-refractivity contribution in [1.82, 2.24) is 0 Å². The average molecular weight is 287 g/mol. The molecule has 0 heterocycles. The molecule has 0 aliphatic heterocycles. The van der Waals surface area contributed by atoms with Crippen LogP contribution >= 0.6 is 0 Å². The molecule has 0 bridgehead atoms. The van der Waals surface area contributed by atoms with E-state index >= 15 is 0 Å². The monoisotopic (exact) mass is 287 g/mol. The van der Waals surface area contributed by atoms with Gasteiger partial charge in [-0.15, -0.1) is 0 Å². The molecule has 0 unspecified atom stereocenters. The Bertz CT molecular complexity index is 746. The normalized spacial score (nSPS) is 10.2. The quantitative estimate of drug-likeness (QED) is 0.441. The Kier molecular flexibility index (Phi) is 4.22. The maximum absolute atomic E-state index is 12.4. The van der Waals surface area contributed by atoms with E-state index in [1.807, 2.05) is 0 Å². The summed E-state index contributed by atoms with van der Waals surface area (Å²) in [7, 11) is 0. The van der Waals surface area contributed by atoms with Gasteiger partial charge in [-0.3, -0.25) is 0 Å². The van der Waals surface area contributed by atoms with Gasteiger partial charge in [-0.2, -0.15) is 18.2 Å². The summed E-state index contributed by atoms with van der Waals surface area (Å²) in [6.07, 6.45) is -2.93. The Labute approximate surface area is 119 Å². The molecule has 2 nitrogen and oxygen atoms in total. The predicted molar refractivity (Wildman–Crippen MR) is 71.6 cm³/mol. The van der Waals surface area contributed by atoms with Crippen molar-refractivity contribution in [2.24, 2.45) is 4.99 Å². The maximum Gasteiger partial charge on any atom is 0.416 e. The summed E-state index contributed by atoms with van der Waals surface area (Å²) in [5, 5.41) is 0. The van der Waals surface area contributed by atoms with Crippen LogP contribution in [0.25, 0.3) is 0 Å². The number of rotatable bonds is 1. The molecule has 21 heavy (non-hydrogen) atoms. The first-order valence-corrected chi connectivity index (χ1v) is 5.87. The van der Waals surface area contributed by atoms with Crippen LogP contribution in [0.4, 0.5) is 18.9 Å². The molecule has 104 valence electrons. The van der Waals surface area contributed by atoms with Crippen molar-refractivity contribution in [2.75, 3.05) is 0 Å². The molecule has 0 aliphatic carbocycles. The van der Waals surface area contributed by atoms with Crippen molar-refractivity contribution >= 4 is 11.8 Å². The molecule has 0 saturated heterocycles. The fourth-order valence-corrected chi connectivity index (χ4v) is 1.61. The van der Waals surface area contributed by atoms with Gasteiger partial charge in [-0.1, -0.05) is 24.0 Å². The standard InChI is InChI=1S/C16H8F3NO/c17-16(18,19)14-9-6-12(7-10-14)5-8-13-3-1-2-4-15(13)20-11-21/h1-4,6-7,9-10H. The van der Waals surface area contributed by atoms with Gasteiger partial charge in [0.05, 0.1) is 16.8 Å². The van der Waals surface area contributed by atoms with E-state index in [2.05, 4.69) is 16.8 Å². The molecule has 0 spiro atoms. The van der Waals surface area contributed by atoms with E-state index in [1.54, 1.807) is 24.3 Å². The number of alkyl halides is 3. The van der Waals surface area contributed by atoms with E-state index in [-0.39, 0.29) is 0 Å². The van der Waals surface area contributed by atoms with Crippen LogP contribution in [0.1, 0.15) is 16.7 Å². The van der Waals surface area contributed by atoms with Crippen LogP contribution in [0, 0.1) is 11.8 Å². The molecule has 2 rings (SSSR count). The van der Waals surface area contributed by atoms with Gasteiger partial charge in [0.25, 0.3) is 0 Å². The molecule has 2 aromatic carbocycles. The number of para-hydroxylation sites is 1. The zero-order chi connectivity index (χ0) is 15.3. The largest absolute Gasteiger partial charge is 0.416 e. The van der Waals surface area contributed by atoms with Gasteiger partial charge in [0, 0.05) is 5.56 Å². The smallest absolute Gasteiger partial charge is 0.211 e. The summed E-state index contributed by atoms with van der Waals surface area (Å²) in [6.45, 7) is 0. The topological polar surface area (TPSA) is 29.4 Å². The summed E-state index contributed by atoms with van der Waals surface area (Å²) >= 11 is 0. The summed E-state index contributed by atoms with van der Waals surface area (Å²) in [5.74, 6) is 5.50. The molecule has 0 aromatic heterocycles. The van der Waals surface area contributed by atoms with Crippen molar-refractivity contribution < 1.29 is 18.0 Å². The van der Waals surface area contributed by atoms with Gasteiger partial charge in [0.1, 0.15) is 0 Å². The minimum atomic E-state index is -4.36. The predicted octanol–water partition coefficient (Wildman–Crippen LogP) is 4.07. The van der Waals surface area contributed by atoms with Gasteiger partial charge in [0.2, 0.25) is 6.08 Å². The van der Waals surface area contributed by atoms with Crippen LogP contribution in [0.2, 0.25) is 0 Å². The number of aliphatic imine (C=N–C) groups is 1. The second-order valence-corrected chi connectivity index (χ2v) is 4.05. The first-order chi connectivity index (χ1) is 10.0. The number of isocyanates is 1. The molecule has 0 amide bonds. The zero-order valence-corrected chi connectivity index (χ0v) is 10.6. The van der Waals surface area contributed by atoms with Crippen LogP contribution < -0.4 is 0 Å². The molecular weight excluding hydrogens is 279 g/mol. The highest BCUT2D eigenvalue weighted by Crippen LogP contribution is 2.29. The number of halogens is 3. The number of hydrogen-bond donors (Lipinski definition) is 0. The van der Waals surface area contributed by atoms with Crippen molar-refractivity contribution in [3.05, 3.63) is 65.2 Å². The fraction of sp³-hybridized carbons (Fsp3) is 0.0625. The lowest BCUT2D eigenvalue weighted by atomic mass is 10.1. The van der Waals surface area contributed by atoms with Crippen LogP contribution in [0.5, 0.6) is 0 Å². The van der Waals surface area contributed by atoms with Crippen LogP contribution in [0.3, 0.4) is 0 Å². The minimum absolute atomic E-state index is 0.368. The van der Waals surface area contributed by atoms with E-state index in [1.165, 1.54) is 18.2 Å². The van der Waals surface area contributed by atoms with Crippen molar-refractivity contribution in [1.29, 1.82) is 0 Å². The van der Waals surface area contributed by atoms with E-state index in [4.69, 9.17) is 0 Å². The lowest BCUT2D eigenvalue weighted by Crippen LogP contribution is -2.04. The highest BCUT2D eigenvalue weighted by molar-refractivity contribution is 5.60. The Morgan fingerprint density at radius 1 is 0.905 bits per heavy atom. The third kappa shape index (κ3) is 3.82. The fourth-order valence-electron chi connectivity index (χ4n) is 1.61. The van der Waals surface area contributed by atoms with Gasteiger partial charge in [-0.05, 0) is 36.4 Å². The Hall–Kier alpha value is -2.83. The van der Waals surface area contributed by atoms with Crippen LogP contribution in [-0.2, 0) is 11.0 Å². The second-order valence-electron chi connectivity index (χ2n) is 4.05. The Balaban J connectivity index is 2.30. The molecule has 0 aliphatic rings. The molecule has 0 atom stereocenters. The lowest BCUT2D eigenvalue weighted by Gasteiger charge is -2.05. The summed E-state index contributed by atoms with van der Waals surface area (Å²) < 4.78 is 37.3. The van der Waals surface area contributed by atoms with Crippen LogP contribution in [0.15, 0.2) is 53.5 Å². The molecule has 0 N–H and O–H groups in total. The number of benzene rings is 2. The van der Waals surface area contributed by atoms with Crippen molar-refractivity contribution in [3.8, 4) is 11.8 Å². The minimum Gasteiger partial charge on any atom is -0.211 e. The van der Waals surface area contributed by atoms with E-state index in [0.717, 1.165) is 12.1 Å². The summed E-state index contributed by atoms with van der Waals surface area (Å²) in [5.41, 5.74) is 0.583. The maximum atomic E-state index is 12.4. The van der Waals surface area contributed by atoms with Crippen molar-refractivity contribution in [2.45, 2.75) is 6.18 Å². The number of carbonyl (C=O) groups excluding carboxylic acids is 1. The SMILES string of the molecule is O=C=Nc1ccccc1C#Cc1ccc(C(F)(F)F)cc1. The highest BCUT2D eigenvalue weighted by atomic mass is 19.4.